The van der Waals surface area contributed by atoms with Crippen LogP contribution in [0.5, 0.6) is 0 Å². The molecule has 1 saturated heterocycles. The molecule has 5 heteroatoms. The van der Waals surface area contributed by atoms with Gasteiger partial charge < -0.3 is 15.0 Å². The molecule has 2 rings (SSSR count). The Morgan fingerprint density at radius 2 is 1.72 bits per heavy atom. The maximum Gasteiger partial charge on any atom is 0.321 e. The molecule has 1 aromatic rings. The zero-order chi connectivity index (χ0) is 18.8. The van der Waals surface area contributed by atoms with Crippen LogP contribution in [-0.2, 0) is 9.53 Å². The predicted octanol–water partition coefficient (Wildman–Crippen LogP) is 4.35. The van der Waals surface area contributed by atoms with Crippen LogP contribution in [0.15, 0.2) is 18.2 Å². The number of anilines is 1. The molecule has 0 radical (unpaired) electrons. The maximum absolute atomic E-state index is 12.8. The fourth-order valence-electron chi connectivity index (χ4n) is 3.43. The van der Waals surface area contributed by atoms with Gasteiger partial charge in [0.25, 0.3) is 0 Å². The van der Waals surface area contributed by atoms with Gasteiger partial charge in [0.05, 0.1) is 12.5 Å². The normalized spacial score (nSPS) is 20.2. The lowest BCUT2D eigenvalue weighted by molar-refractivity contribution is -0.150. The highest BCUT2D eigenvalue weighted by molar-refractivity contribution is 5.92. The molecule has 2 amide bonds. The average molecular weight is 346 g/mol. The summed E-state index contributed by atoms with van der Waals surface area (Å²) < 4.78 is 4.89. The quantitative estimate of drug-likeness (QED) is 0.825. The number of ether oxygens (including phenoxy) is 1. The van der Waals surface area contributed by atoms with Gasteiger partial charge in [-0.1, -0.05) is 45.9 Å². The zero-order valence-corrected chi connectivity index (χ0v) is 16.2. The van der Waals surface area contributed by atoms with Gasteiger partial charge in [-0.3, -0.25) is 4.79 Å². The van der Waals surface area contributed by atoms with Gasteiger partial charge in [-0.25, -0.2) is 4.79 Å². The van der Waals surface area contributed by atoms with Gasteiger partial charge in [-0.05, 0) is 36.3 Å². The van der Waals surface area contributed by atoms with E-state index in [-0.39, 0.29) is 12.0 Å². The molecule has 1 atom stereocenters. The molecule has 1 N–H and O–H groups in total. The van der Waals surface area contributed by atoms with Crippen LogP contribution in [0.3, 0.4) is 0 Å². The number of hydrogen-bond donors (Lipinski definition) is 1. The summed E-state index contributed by atoms with van der Waals surface area (Å²) in [5, 5.41) is 3.11. The fraction of sp³-hybridized carbons (Fsp3) is 0.600. The first kappa shape index (κ1) is 19.3. The molecule has 1 aromatic carbocycles. The van der Waals surface area contributed by atoms with E-state index in [0.717, 1.165) is 16.8 Å². The van der Waals surface area contributed by atoms with Crippen molar-refractivity contribution in [2.24, 2.45) is 5.41 Å². The van der Waals surface area contributed by atoms with Crippen LogP contribution < -0.4 is 5.32 Å². The number of nitrogens with zero attached hydrogens (tertiary/aromatic N) is 1. The monoisotopic (exact) mass is 346 g/mol. The van der Waals surface area contributed by atoms with Gasteiger partial charge in [0.1, 0.15) is 0 Å². The largest absolute Gasteiger partial charge is 0.469 e. The lowest BCUT2D eigenvalue weighted by atomic mass is 9.90. The molecular formula is C20H30N2O3. The number of benzene rings is 1. The van der Waals surface area contributed by atoms with Crippen molar-refractivity contribution in [3.05, 3.63) is 29.3 Å². The minimum Gasteiger partial charge on any atom is -0.469 e. The molecule has 1 aliphatic rings. The van der Waals surface area contributed by atoms with Gasteiger partial charge in [-0.15, -0.1) is 0 Å². The molecule has 138 valence electrons. The third-order valence-corrected chi connectivity index (χ3v) is 5.04. The van der Waals surface area contributed by atoms with E-state index < -0.39 is 5.41 Å². The molecule has 1 aliphatic heterocycles. The first-order chi connectivity index (χ1) is 11.7. The van der Waals surface area contributed by atoms with Gasteiger partial charge >= 0.3 is 12.0 Å². The third-order valence-electron chi connectivity index (χ3n) is 5.04. The van der Waals surface area contributed by atoms with E-state index in [4.69, 9.17) is 4.74 Å². The van der Waals surface area contributed by atoms with E-state index in [1.54, 1.807) is 4.90 Å². The van der Waals surface area contributed by atoms with Crippen molar-refractivity contribution in [3.63, 3.8) is 0 Å². The van der Waals surface area contributed by atoms with Gasteiger partial charge in [0, 0.05) is 18.8 Å². The van der Waals surface area contributed by atoms with E-state index in [1.807, 2.05) is 13.0 Å². The van der Waals surface area contributed by atoms with Crippen molar-refractivity contribution in [2.45, 2.75) is 52.9 Å². The van der Waals surface area contributed by atoms with E-state index >= 15 is 0 Å². The first-order valence-corrected chi connectivity index (χ1v) is 8.96. The highest BCUT2D eigenvalue weighted by Gasteiger charge is 2.43. The van der Waals surface area contributed by atoms with E-state index in [1.165, 1.54) is 7.11 Å². The maximum atomic E-state index is 12.8. The third kappa shape index (κ3) is 3.97. The topological polar surface area (TPSA) is 58.6 Å². The molecule has 1 heterocycles. The van der Waals surface area contributed by atoms with Crippen molar-refractivity contribution in [1.29, 1.82) is 0 Å². The van der Waals surface area contributed by atoms with Crippen LogP contribution in [-0.4, -0.2) is 37.1 Å². The van der Waals surface area contributed by atoms with Crippen molar-refractivity contribution in [1.82, 2.24) is 4.90 Å². The second-order valence-corrected chi connectivity index (χ2v) is 7.77. The molecule has 0 unspecified atom stereocenters. The smallest absolute Gasteiger partial charge is 0.321 e. The van der Waals surface area contributed by atoms with Crippen LogP contribution in [0, 0.1) is 5.41 Å². The molecule has 1 fully saturated rings. The summed E-state index contributed by atoms with van der Waals surface area (Å²) in [5.41, 5.74) is 2.55. The van der Waals surface area contributed by atoms with Crippen molar-refractivity contribution < 1.29 is 14.3 Å². The Bertz CT molecular complexity index is 628. The molecule has 25 heavy (non-hydrogen) atoms. The number of urea groups is 1. The molecule has 0 aromatic heterocycles. The Morgan fingerprint density at radius 1 is 1.16 bits per heavy atom. The van der Waals surface area contributed by atoms with Crippen molar-refractivity contribution in [2.75, 3.05) is 25.5 Å². The number of amides is 2. The number of hydrogen-bond acceptors (Lipinski definition) is 3. The minimum atomic E-state index is -0.621. The highest BCUT2D eigenvalue weighted by Crippen LogP contribution is 2.34. The summed E-state index contributed by atoms with van der Waals surface area (Å²) in [7, 11) is 1.39. The molecule has 0 bridgehead atoms. The Balaban J connectivity index is 2.23. The number of carbonyl (C=O) groups excluding carboxylic acids is 2. The van der Waals surface area contributed by atoms with Crippen LogP contribution in [0.2, 0.25) is 0 Å². The van der Waals surface area contributed by atoms with Crippen LogP contribution in [0.1, 0.15) is 64.0 Å². The summed E-state index contributed by atoms with van der Waals surface area (Å²) in [6.07, 6.45) is 0.621. The standard InChI is InChI=1S/C20H30N2O3/c1-13(2)15-8-7-9-16(14(3)4)17(15)21-19(24)22-11-10-20(5,12-22)18(23)25-6/h7-9,13-14H,10-12H2,1-6H3,(H,21,24)/t20-/m1/s1. The minimum absolute atomic E-state index is 0.150. The Morgan fingerprint density at radius 3 is 2.20 bits per heavy atom. The Kier molecular flexibility index (Phi) is 5.76. The van der Waals surface area contributed by atoms with E-state index in [9.17, 15) is 9.59 Å². The second-order valence-electron chi connectivity index (χ2n) is 7.77. The van der Waals surface area contributed by atoms with E-state index in [2.05, 4.69) is 45.1 Å². The number of para-hydroxylation sites is 1. The molecule has 0 spiro atoms. The highest BCUT2D eigenvalue weighted by atomic mass is 16.5. The lowest BCUT2D eigenvalue weighted by Gasteiger charge is -2.25. The molecule has 0 aliphatic carbocycles. The van der Waals surface area contributed by atoms with Crippen molar-refractivity contribution in [3.8, 4) is 0 Å². The van der Waals surface area contributed by atoms with E-state index in [0.29, 0.717) is 31.3 Å². The fourth-order valence-corrected chi connectivity index (χ4v) is 3.43. The number of likely N-dealkylation sites (tertiary alicyclic amines) is 1. The first-order valence-electron chi connectivity index (χ1n) is 8.96. The summed E-state index contributed by atoms with van der Waals surface area (Å²) in [6.45, 7) is 11.3. The van der Waals surface area contributed by atoms with Crippen LogP contribution >= 0.6 is 0 Å². The second kappa shape index (κ2) is 7.46. The zero-order valence-electron chi connectivity index (χ0n) is 16.2. The average Bonchev–Trinajstić information content (AvgIpc) is 2.97. The SMILES string of the molecule is COC(=O)[C@]1(C)CCN(C(=O)Nc2c(C(C)C)cccc2C(C)C)C1. The van der Waals surface area contributed by atoms with Gasteiger partial charge in [-0.2, -0.15) is 0 Å². The van der Waals surface area contributed by atoms with Gasteiger partial charge in [0.2, 0.25) is 0 Å². The molecule has 0 saturated carbocycles. The number of esters is 1. The lowest BCUT2D eigenvalue weighted by Crippen LogP contribution is -2.38. The van der Waals surface area contributed by atoms with Gasteiger partial charge in [0.15, 0.2) is 0 Å². The number of carbonyl (C=O) groups is 2. The summed E-state index contributed by atoms with van der Waals surface area (Å²) >= 11 is 0. The Labute approximate surface area is 150 Å². The summed E-state index contributed by atoms with van der Waals surface area (Å²) in [5.74, 6) is 0.370. The van der Waals surface area contributed by atoms with Crippen LogP contribution in [0.4, 0.5) is 10.5 Å². The summed E-state index contributed by atoms with van der Waals surface area (Å²) in [4.78, 5) is 26.5. The summed E-state index contributed by atoms with van der Waals surface area (Å²) in [6, 6.07) is 6.02. The van der Waals surface area contributed by atoms with Crippen LogP contribution in [0.25, 0.3) is 0 Å². The number of methoxy groups -OCH3 is 1. The number of rotatable bonds is 4. The van der Waals surface area contributed by atoms with Crippen molar-refractivity contribution >= 4 is 17.7 Å². The molecule has 5 nitrogen and oxygen atoms in total. The Hall–Kier alpha value is -2.04. The molecular weight excluding hydrogens is 316 g/mol. The predicted molar refractivity (Wildman–Crippen MR) is 100.0 cm³/mol. The number of nitrogens with one attached hydrogen (secondary N) is 1.